The SMILES string of the molecule is COc1cc(/C=N\NC(=O)c2ccccc2-n2cccc2)ccc1OCc1ccccc1F. The second-order valence-electron chi connectivity index (χ2n) is 7.10. The number of carbonyl (C=O) groups excluding carboxylic acids is 1. The number of rotatable bonds is 8. The van der Waals surface area contributed by atoms with E-state index in [4.69, 9.17) is 9.47 Å². The first-order valence-electron chi connectivity index (χ1n) is 10.3. The molecular formula is C26H22FN3O3. The van der Waals surface area contributed by atoms with Crippen LogP contribution in [-0.4, -0.2) is 23.8 Å². The quantitative estimate of drug-likeness (QED) is 0.309. The lowest BCUT2D eigenvalue weighted by atomic mass is 10.1. The Morgan fingerprint density at radius 3 is 2.55 bits per heavy atom. The molecule has 0 unspecified atom stereocenters. The summed E-state index contributed by atoms with van der Waals surface area (Å²) >= 11 is 0. The zero-order valence-corrected chi connectivity index (χ0v) is 17.9. The van der Waals surface area contributed by atoms with Crippen molar-refractivity contribution in [2.45, 2.75) is 6.61 Å². The van der Waals surface area contributed by atoms with Gasteiger partial charge in [0.05, 0.1) is 24.6 Å². The fraction of sp³-hybridized carbons (Fsp3) is 0.0769. The van der Waals surface area contributed by atoms with Crippen molar-refractivity contribution >= 4 is 12.1 Å². The lowest BCUT2D eigenvalue weighted by molar-refractivity contribution is 0.0955. The van der Waals surface area contributed by atoms with Crippen molar-refractivity contribution < 1.29 is 18.7 Å². The van der Waals surface area contributed by atoms with Crippen molar-refractivity contribution in [1.82, 2.24) is 9.99 Å². The Hall–Kier alpha value is -4.39. The van der Waals surface area contributed by atoms with Crippen LogP contribution in [0.15, 0.2) is 96.4 Å². The number of hydrazone groups is 1. The molecule has 166 valence electrons. The van der Waals surface area contributed by atoms with E-state index < -0.39 is 0 Å². The van der Waals surface area contributed by atoms with E-state index >= 15 is 0 Å². The molecule has 0 bridgehead atoms. The summed E-state index contributed by atoms with van der Waals surface area (Å²) in [6, 6.07) is 22.7. The van der Waals surface area contributed by atoms with Crippen LogP contribution >= 0.6 is 0 Å². The predicted octanol–water partition coefficient (Wildman–Crippen LogP) is 4.97. The Balaban J connectivity index is 1.43. The maximum atomic E-state index is 13.8. The summed E-state index contributed by atoms with van der Waals surface area (Å²) in [4.78, 5) is 12.7. The number of benzene rings is 3. The van der Waals surface area contributed by atoms with Crippen LogP contribution in [-0.2, 0) is 6.61 Å². The molecule has 0 aliphatic carbocycles. The predicted molar refractivity (Wildman–Crippen MR) is 125 cm³/mol. The summed E-state index contributed by atoms with van der Waals surface area (Å²) in [6.45, 7) is 0.0767. The number of methoxy groups -OCH3 is 1. The fourth-order valence-electron chi connectivity index (χ4n) is 3.27. The molecule has 0 aliphatic heterocycles. The molecule has 3 aromatic carbocycles. The molecule has 4 rings (SSSR count). The second-order valence-corrected chi connectivity index (χ2v) is 7.10. The largest absolute Gasteiger partial charge is 0.493 e. The molecule has 6 nitrogen and oxygen atoms in total. The molecule has 0 fully saturated rings. The molecule has 0 radical (unpaired) electrons. The number of nitrogens with one attached hydrogen (secondary N) is 1. The summed E-state index contributed by atoms with van der Waals surface area (Å²) in [5.74, 6) is 0.295. The maximum absolute atomic E-state index is 13.8. The zero-order chi connectivity index (χ0) is 23.0. The number of nitrogens with zero attached hydrogens (tertiary/aromatic N) is 2. The van der Waals surface area contributed by atoms with Crippen LogP contribution in [0.25, 0.3) is 5.69 Å². The Bertz CT molecular complexity index is 1270. The first kappa shape index (κ1) is 21.8. The lowest BCUT2D eigenvalue weighted by Crippen LogP contribution is -2.19. The van der Waals surface area contributed by atoms with Crippen molar-refractivity contribution in [2.75, 3.05) is 7.11 Å². The van der Waals surface area contributed by atoms with Crippen LogP contribution in [0.1, 0.15) is 21.5 Å². The minimum atomic E-state index is -0.327. The third kappa shape index (κ3) is 5.27. The van der Waals surface area contributed by atoms with Crippen molar-refractivity contribution in [3.05, 3.63) is 114 Å². The molecule has 1 N–H and O–H groups in total. The molecule has 1 aromatic heterocycles. The number of carbonyl (C=O) groups is 1. The topological polar surface area (TPSA) is 64.8 Å². The van der Waals surface area contributed by atoms with Gasteiger partial charge in [-0.05, 0) is 54.1 Å². The molecule has 0 atom stereocenters. The Morgan fingerprint density at radius 1 is 1.00 bits per heavy atom. The van der Waals surface area contributed by atoms with Gasteiger partial charge in [0.1, 0.15) is 12.4 Å². The van der Waals surface area contributed by atoms with Crippen LogP contribution in [0.4, 0.5) is 4.39 Å². The van der Waals surface area contributed by atoms with Gasteiger partial charge in [0, 0.05) is 18.0 Å². The van der Waals surface area contributed by atoms with Gasteiger partial charge in [0.15, 0.2) is 11.5 Å². The highest BCUT2D eigenvalue weighted by molar-refractivity contribution is 5.98. The standard InChI is InChI=1S/C26H22FN3O3/c1-32-25-16-19(12-13-24(25)33-18-20-8-2-4-10-22(20)27)17-28-29-26(31)21-9-3-5-11-23(21)30-14-6-7-15-30/h2-17H,18H2,1H3,(H,29,31)/b28-17-. The fourth-order valence-corrected chi connectivity index (χ4v) is 3.27. The zero-order valence-electron chi connectivity index (χ0n) is 17.9. The molecule has 1 amide bonds. The highest BCUT2D eigenvalue weighted by Crippen LogP contribution is 2.28. The van der Waals surface area contributed by atoms with Gasteiger partial charge in [-0.15, -0.1) is 0 Å². The van der Waals surface area contributed by atoms with E-state index in [2.05, 4.69) is 10.5 Å². The van der Waals surface area contributed by atoms with E-state index in [0.29, 0.717) is 28.2 Å². The van der Waals surface area contributed by atoms with Gasteiger partial charge in [0.25, 0.3) is 5.91 Å². The van der Waals surface area contributed by atoms with Crippen molar-refractivity contribution in [3.8, 4) is 17.2 Å². The lowest BCUT2D eigenvalue weighted by Gasteiger charge is -2.12. The number of ether oxygens (including phenoxy) is 2. The third-order valence-corrected chi connectivity index (χ3v) is 4.94. The molecule has 0 saturated heterocycles. The van der Waals surface area contributed by atoms with Crippen LogP contribution in [0.2, 0.25) is 0 Å². The van der Waals surface area contributed by atoms with E-state index in [0.717, 1.165) is 5.69 Å². The van der Waals surface area contributed by atoms with Crippen LogP contribution in [0, 0.1) is 5.82 Å². The molecule has 0 saturated carbocycles. The average molecular weight is 443 g/mol. The van der Waals surface area contributed by atoms with Gasteiger partial charge in [-0.25, -0.2) is 9.82 Å². The number of aromatic nitrogens is 1. The monoisotopic (exact) mass is 443 g/mol. The Kier molecular flexibility index (Phi) is 6.80. The number of hydrogen-bond donors (Lipinski definition) is 1. The molecule has 7 heteroatoms. The molecule has 1 heterocycles. The number of hydrogen-bond acceptors (Lipinski definition) is 4. The van der Waals surface area contributed by atoms with E-state index in [9.17, 15) is 9.18 Å². The van der Waals surface area contributed by atoms with E-state index in [-0.39, 0.29) is 18.3 Å². The normalized spacial score (nSPS) is 10.8. The highest BCUT2D eigenvalue weighted by Gasteiger charge is 2.11. The summed E-state index contributed by atoms with van der Waals surface area (Å²) in [5, 5.41) is 4.07. The first-order valence-corrected chi connectivity index (χ1v) is 10.3. The van der Waals surface area contributed by atoms with E-state index in [1.54, 1.807) is 48.5 Å². The highest BCUT2D eigenvalue weighted by atomic mass is 19.1. The van der Waals surface area contributed by atoms with E-state index in [1.807, 2.05) is 41.2 Å². The van der Waals surface area contributed by atoms with Gasteiger partial charge in [-0.2, -0.15) is 5.10 Å². The average Bonchev–Trinajstić information content (AvgIpc) is 3.39. The number of amides is 1. The molecule has 4 aromatic rings. The first-order chi connectivity index (χ1) is 16.2. The van der Waals surface area contributed by atoms with Gasteiger partial charge >= 0.3 is 0 Å². The van der Waals surface area contributed by atoms with Crippen LogP contribution in [0.5, 0.6) is 11.5 Å². The van der Waals surface area contributed by atoms with Gasteiger partial charge < -0.3 is 14.0 Å². The molecular weight excluding hydrogens is 421 g/mol. The minimum Gasteiger partial charge on any atom is -0.493 e. The third-order valence-electron chi connectivity index (χ3n) is 4.94. The van der Waals surface area contributed by atoms with Gasteiger partial charge in [-0.3, -0.25) is 4.79 Å². The summed E-state index contributed by atoms with van der Waals surface area (Å²) in [5.41, 5.74) is 4.97. The number of halogens is 1. The smallest absolute Gasteiger partial charge is 0.273 e. The summed E-state index contributed by atoms with van der Waals surface area (Å²) in [7, 11) is 1.52. The Labute approximate surface area is 190 Å². The van der Waals surface area contributed by atoms with Crippen molar-refractivity contribution in [3.63, 3.8) is 0 Å². The van der Waals surface area contributed by atoms with Crippen molar-refractivity contribution in [1.29, 1.82) is 0 Å². The van der Waals surface area contributed by atoms with Crippen LogP contribution < -0.4 is 14.9 Å². The minimum absolute atomic E-state index is 0.0767. The Morgan fingerprint density at radius 2 is 1.76 bits per heavy atom. The van der Waals surface area contributed by atoms with Crippen molar-refractivity contribution in [2.24, 2.45) is 5.10 Å². The van der Waals surface area contributed by atoms with Crippen LogP contribution in [0.3, 0.4) is 0 Å². The summed E-state index contributed by atoms with van der Waals surface area (Å²) < 4.78 is 26.8. The molecule has 0 aliphatic rings. The molecule has 0 spiro atoms. The van der Waals surface area contributed by atoms with Gasteiger partial charge in [-0.1, -0.05) is 30.3 Å². The van der Waals surface area contributed by atoms with Gasteiger partial charge in [0.2, 0.25) is 0 Å². The second kappa shape index (κ2) is 10.3. The van der Waals surface area contributed by atoms with E-state index in [1.165, 1.54) is 19.4 Å². The molecule has 33 heavy (non-hydrogen) atoms. The maximum Gasteiger partial charge on any atom is 0.273 e. The number of para-hydroxylation sites is 1. The summed E-state index contributed by atoms with van der Waals surface area (Å²) in [6.07, 6.45) is 5.26.